The van der Waals surface area contributed by atoms with Crippen molar-refractivity contribution >= 4 is 23.3 Å². The lowest BCUT2D eigenvalue weighted by atomic mass is 10.1. The molecule has 0 N–H and O–H groups in total. The van der Waals surface area contributed by atoms with Crippen LogP contribution in [0.15, 0.2) is 24.3 Å². The van der Waals surface area contributed by atoms with Gasteiger partial charge in [0.1, 0.15) is 24.8 Å². The van der Waals surface area contributed by atoms with Gasteiger partial charge in [-0.2, -0.15) is 0 Å². The number of benzene rings is 1. The van der Waals surface area contributed by atoms with Crippen molar-refractivity contribution in [2.24, 2.45) is 0 Å². The largest absolute Gasteiger partial charge is 0.490 e. The van der Waals surface area contributed by atoms with Crippen molar-refractivity contribution in [2.75, 3.05) is 37.1 Å². The number of halogens is 1. The van der Waals surface area contributed by atoms with E-state index < -0.39 is 5.97 Å². The number of hydrogen-bond acceptors (Lipinski definition) is 4. The zero-order valence-electron chi connectivity index (χ0n) is 11.5. The highest BCUT2D eigenvalue weighted by Gasteiger charge is 2.10. The van der Waals surface area contributed by atoms with Gasteiger partial charge in [-0.3, -0.25) is 4.79 Å². The standard InChI is InChI=1S/C15H20ClNO3/c16-12-15(18)20-11-10-19-14-6-4-13(5-7-14)17-8-2-1-3-9-17/h4-7H,1-3,8-12H2. The summed E-state index contributed by atoms with van der Waals surface area (Å²) in [5.74, 6) is 0.244. The van der Waals surface area contributed by atoms with Crippen LogP contribution in [0.3, 0.4) is 0 Å². The van der Waals surface area contributed by atoms with Crippen LogP contribution < -0.4 is 9.64 Å². The van der Waals surface area contributed by atoms with Gasteiger partial charge in [-0.15, -0.1) is 11.6 Å². The van der Waals surface area contributed by atoms with Crippen molar-refractivity contribution in [3.63, 3.8) is 0 Å². The molecule has 0 bridgehead atoms. The average molecular weight is 298 g/mol. The molecule has 0 aliphatic carbocycles. The summed E-state index contributed by atoms with van der Waals surface area (Å²) in [6.07, 6.45) is 3.87. The van der Waals surface area contributed by atoms with Crippen LogP contribution in [0.5, 0.6) is 5.75 Å². The molecule has 0 saturated carbocycles. The fraction of sp³-hybridized carbons (Fsp3) is 0.533. The highest BCUT2D eigenvalue weighted by Crippen LogP contribution is 2.22. The average Bonchev–Trinajstić information content (AvgIpc) is 2.52. The monoisotopic (exact) mass is 297 g/mol. The number of carbonyl (C=O) groups is 1. The van der Waals surface area contributed by atoms with Gasteiger partial charge in [-0.05, 0) is 43.5 Å². The Labute approximate surface area is 124 Å². The fourth-order valence-corrected chi connectivity index (χ4v) is 2.34. The van der Waals surface area contributed by atoms with Gasteiger partial charge < -0.3 is 14.4 Å². The second kappa shape index (κ2) is 8.00. The summed E-state index contributed by atoms with van der Waals surface area (Å²) in [4.78, 5) is 13.2. The van der Waals surface area contributed by atoms with Gasteiger partial charge in [0.25, 0.3) is 0 Å². The lowest BCUT2D eigenvalue weighted by molar-refractivity contribution is -0.141. The Morgan fingerprint density at radius 2 is 1.80 bits per heavy atom. The minimum atomic E-state index is -0.421. The lowest BCUT2D eigenvalue weighted by Crippen LogP contribution is -2.29. The quantitative estimate of drug-likeness (QED) is 0.460. The smallest absolute Gasteiger partial charge is 0.320 e. The van der Waals surface area contributed by atoms with E-state index in [9.17, 15) is 4.79 Å². The lowest BCUT2D eigenvalue weighted by Gasteiger charge is -2.28. The van der Waals surface area contributed by atoms with E-state index in [0.717, 1.165) is 18.8 Å². The second-order valence-corrected chi connectivity index (χ2v) is 5.01. The van der Waals surface area contributed by atoms with Gasteiger partial charge >= 0.3 is 5.97 Å². The second-order valence-electron chi connectivity index (χ2n) is 4.74. The molecule has 20 heavy (non-hydrogen) atoms. The highest BCUT2D eigenvalue weighted by atomic mass is 35.5. The first-order valence-electron chi connectivity index (χ1n) is 6.99. The molecule has 2 rings (SSSR count). The molecule has 1 aromatic rings. The number of piperidine rings is 1. The molecule has 1 heterocycles. The zero-order valence-corrected chi connectivity index (χ0v) is 12.3. The topological polar surface area (TPSA) is 38.8 Å². The summed E-state index contributed by atoms with van der Waals surface area (Å²) < 4.78 is 10.3. The molecule has 0 atom stereocenters. The molecule has 0 unspecified atom stereocenters. The Balaban J connectivity index is 1.75. The number of anilines is 1. The molecule has 1 aliphatic rings. The van der Waals surface area contributed by atoms with E-state index in [4.69, 9.17) is 21.1 Å². The molecule has 0 aromatic heterocycles. The number of alkyl halides is 1. The molecule has 1 saturated heterocycles. The maximum Gasteiger partial charge on any atom is 0.320 e. The fourth-order valence-electron chi connectivity index (χ4n) is 2.26. The Kier molecular flexibility index (Phi) is 5.99. The van der Waals surface area contributed by atoms with Gasteiger partial charge in [-0.1, -0.05) is 0 Å². The van der Waals surface area contributed by atoms with E-state index in [0.29, 0.717) is 6.61 Å². The molecule has 1 aliphatic heterocycles. The minimum Gasteiger partial charge on any atom is -0.490 e. The number of esters is 1. The van der Waals surface area contributed by atoms with Gasteiger partial charge in [0.15, 0.2) is 0 Å². The molecule has 0 radical (unpaired) electrons. The zero-order chi connectivity index (χ0) is 14.2. The van der Waals surface area contributed by atoms with Crippen molar-refractivity contribution in [1.82, 2.24) is 0 Å². The summed E-state index contributed by atoms with van der Waals surface area (Å²) in [6.45, 7) is 2.83. The normalized spacial score (nSPS) is 14.9. The number of ether oxygens (including phenoxy) is 2. The molecule has 110 valence electrons. The first-order chi connectivity index (χ1) is 9.79. The number of nitrogens with zero attached hydrogens (tertiary/aromatic N) is 1. The molecule has 1 fully saturated rings. The van der Waals surface area contributed by atoms with Crippen LogP contribution in [-0.2, 0) is 9.53 Å². The molecular formula is C15H20ClNO3. The van der Waals surface area contributed by atoms with Crippen LogP contribution in [-0.4, -0.2) is 38.2 Å². The number of rotatable bonds is 6. The van der Waals surface area contributed by atoms with E-state index in [2.05, 4.69) is 17.0 Å². The molecule has 0 amide bonds. The Hall–Kier alpha value is -1.42. The van der Waals surface area contributed by atoms with Crippen LogP contribution in [0.2, 0.25) is 0 Å². The van der Waals surface area contributed by atoms with Crippen molar-refractivity contribution < 1.29 is 14.3 Å². The third-order valence-electron chi connectivity index (χ3n) is 3.28. The van der Waals surface area contributed by atoms with Crippen LogP contribution in [0.1, 0.15) is 19.3 Å². The van der Waals surface area contributed by atoms with E-state index in [1.54, 1.807) is 0 Å². The van der Waals surface area contributed by atoms with Crippen molar-refractivity contribution in [3.05, 3.63) is 24.3 Å². The van der Waals surface area contributed by atoms with Crippen molar-refractivity contribution in [1.29, 1.82) is 0 Å². The Morgan fingerprint density at radius 1 is 1.10 bits per heavy atom. The molecule has 5 heteroatoms. The van der Waals surface area contributed by atoms with E-state index in [-0.39, 0.29) is 12.5 Å². The predicted molar refractivity (Wildman–Crippen MR) is 79.7 cm³/mol. The number of carbonyl (C=O) groups excluding carboxylic acids is 1. The Morgan fingerprint density at radius 3 is 2.45 bits per heavy atom. The summed E-state index contributed by atoms with van der Waals surface area (Å²) in [7, 11) is 0. The third kappa shape index (κ3) is 4.60. The van der Waals surface area contributed by atoms with E-state index in [1.165, 1.54) is 24.9 Å². The van der Waals surface area contributed by atoms with Crippen LogP contribution in [0.4, 0.5) is 5.69 Å². The van der Waals surface area contributed by atoms with E-state index >= 15 is 0 Å². The third-order valence-corrected chi connectivity index (χ3v) is 3.50. The molecule has 4 nitrogen and oxygen atoms in total. The summed E-state index contributed by atoms with van der Waals surface area (Å²) >= 11 is 5.32. The SMILES string of the molecule is O=C(CCl)OCCOc1ccc(N2CCCCC2)cc1. The van der Waals surface area contributed by atoms with Crippen LogP contribution in [0, 0.1) is 0 Å². The van der Waals surface area contributed by atoms with Crippen LogP contribution in [0.25, 0.3) is 0 Å². The molecule has 0 spiro atoms. The molecule has 1 aromatic carbocycles. The van der Waals surface area contributed by atoms with Crippen molar-refractivity contribution in [3.8, 4) is 5.75 Å². The summed E-state index contributed by atoms with van der Waals surface area (Å²) in [5, 5.41) is 0. The minimum absolute atomic E-state index is 0.121. The van der Waals surface area contributed by atoms with Gasteiger partial charge in [-0.25, -0.2) is 0 Å². The first kappa shape index (κ1) is 15.0. The summed E-state index contributed by atoms with van der Waals surface area (Å²) in [6, 6.07) is 8.05. The van der Waals surface area contributed by atoms with Gasteiger partial charge in [0.2, 0.25) is 0 Å². The van der Waals surface area contributed by atoms with Gasteiger partial charge in [0, 0.05) is 18.8 Å². The summed E-state index contributed by atoms with van der Waals surface area (Å²) in [5.41, 5.74) is 1.24. The molecular weight excluding hydrogens is 278 g/mol. The maximum absolute atomic E-state index is 10.8. The number of hydrogen-bond donors (Lipinski definition) is 0. The van der Waals surface area contributed by atoms with Crippen molar-refractivity contribution in [2.45, 2.75) is 19.3 Å². The van der Waals surface area contributed by atoms with Gasteiger partial charge in [0.05, 0.1) is 0 Å². The van der Waals surface area contributed by atoms with Crippen LogP contribution >= 0.6 is 11.6 Å². The maximum atomic E-state index is 10.8. The first-order valence-corrected chi connectivity index (χ1v) is 7.52. The van der Waals surface area contributed by atoms with E-state index in [1.807, 2.05) is 12.1 Å². The highest BCUT2D eigenvalue weighted by molar-refractivity contribution is 6.26. The predicted octanol–water partition coefficient (Wildman–Crippen LogP) is 2.84. The Bertz CT molecular complexity index is 416.